The van der Waals surface area contributed by atoms with Gasteiger partial charge in [-0.1, -0.05) is 42.5 Å². The van der Waals surface area contributed by atoms with Crippen LogP contribution in [0.1, 0.15) is 22.7 Å². The van der Waals surface area contributed by atoms with E-state index in [2.05, 4.69) is 0 Å². The van der Waals surface area contributed by atoms with Gasteiger partial charge in [0.1, 0.15) is 11.6 Å². The lowest BCUT2D eigenvalue weighted by Crippen LogP contribution is -2.29. The van der Waals surface area contributed by atoms with E-state index in [1.807, 2.05) is 43.3 Å². The zero-order chi connectivity index (χ0) is 20.5. The van der Waals surface area contributed by atoms with Gasteiger partial charge in [0.05, 0.1) is 11.6 Å². The maximum Gasteiger partial charge on any atom is 0.300 e. The second-order valence-corrected chi connectivity index (χ2v) is 6.93. The van der Waals surface area contributed by atoms with Gasteiger partial charge in [0.2, 0.25) is 0 Å². The zero-order valence-electron chi connectivity index (χ0n) is 15.7. The Morgan fingerprint density at radius 2 is 1.62 bits per heavy atom. The first kappa shape index (κ1) is 18.6. The number of hydrogen-bond donors (Lipinski definition) is 1. The van der Waals surface area contributed by atoms with Crippen LogP contribution in [-0.2, 0) is 9.59 Å². The number of amides is 1. The summed E-state index contributed by atoms with van der Waals surface area (Å²) in [5.41, 5.74) is 2.45. The molecule has 1 aliphatic rings. The molecule has 29 heavy (non-hydrogen) atoms. The molecule has 1 saturated heterocycles. The van der Waals surface area contributed by atoms with Crippen molar-refractivity contribution in [2.24, 2.45) is 0 Å². The Kier molecular flexibility index (Phi) is 4.72. The normalized spacial score (nSPS) is 18.3. The Morgan fingerprint density at radius 3 is 2.28 bits per heavy atom. The Bertz CT molecular complexity index is 1120. The van der Waals surface area contributed by atoms with Crippen LogP contribution in [0.4, 0.5) is 10.1 Å². The molecule has 0 spiro atoms. The van der Waals surface area contributed by atoms with Gasteiger partial charge >= 0.3 is 0 Å². The number of carbonyl (C=O) groups is 2. The SMILES string of the molecule is Cc1cccc(N2C(=O)C(=O)/C(=C(/O)c3ccc(F)cc3)C2c2ccccc2)c1. The van der Waals surface area contributed by atoms with E-state index in [-0.39, 0.29) is 16.9 Å². The molecule has 0 saturated carbocycles. The average molecular weight is 387 g/mol. The summed E-state index contributed by atoms with van der Waals surface area (Å²) in [7, 11) is 0. The van der Waals surface area contributed by atoms with Crippen LogP contribution in [0.15, 0.2) is 84.4 Å². The van der Waals surface area contributed by atoms with Crippen LogP contribution in [0.25, 0.3) is 5.76 Å². The summed E-state index contributed by atoms with van der Waals surface area (Å²) in [4.78, 5) is 27.3. The number of anilines is 1. The number of carbonyl (C=O) groups excluding carboxylic acids is 2. The molecule has 4 rings (SSSR count). The maximum atomic E-state index is 13.3. The standard InChI is InChI=1S/C24H18FNO3/c1-15-6-5-9-19(14-15)26-21(16-7-3-2-4-8-16)20(23(28)24(26)29)22(27)17-10-12-18(25)13-11-17/h2-14,21,27H,1H3/b22-20+. The van der Waals surface area contributed by atoms with E-state index < -0.39 is 23.5 Å². The molecule has 1 fully saturated rings. The number of aliphatic hydroxyl groups is 1. The summed E-state index contributed by atoms with van der Waals surface area (Å²) >= 11 is 0. The van der Waals surface area contributed by atoms with Gasteiger partial charge in [-0.3, -0.25) is 14.5 Å². The molecule has 144 valence electrons. The van der Waals surface area contributed by atoms with Gasteiger partial charge in [-0.2, -0.15) is 0 Å². The second-order valence-electron chi connectivity index (χ2n) is 6.93. The molecule has 0 bridgehead atoms. The first-order chi connectivity index (χ1) is 14.0. The lowest BCUT2D eigenvalue weighted by atomic mass is 9.95. The summed E-state index contributed by atoms with van der Waals surface area (Å²) in [5, 5.41) is 10.9. The van der Waals surface area contributed by atoms with E-state index in [0.717, 1.165) is 5.56 Å². The molecule has 1 heterocycles. The Hall–Kier alpha value is -3.73. The van der Waals surface area contributed by atoms with E-state index in [4.69, 9.17) is 0 Å². The monoisotopic (exact) mass is 387 g/mol. The number of aryl methyl sites for hydroxylation is 1. The number of ketones is 1. The van der Waals surface area contributed by atoms with Crippen LogP contribution in [-0.4, -0.2) is 16.8 Å². The first-order valence-corrected chi connectivity index (χ1v) is 9.16. The summed E-state index contributed by atoms with van der Waals surface area (Å²) < 4.78 is 13.3. The van der Waals surface area contributed by atoms with E-state index in [1.54, 1.807) is 18.2 Å². The fraction of sp³-hybridized carbons (Fsp3) is 0.0833. The average Bonchev–Trinajstić information content (AvgIpc) is 2.99. The second kappa shape index (κ2) is 7.36. The topological polar surface area (TPSA) is 57.6 Å². The third-order valence-corrected chi connectivity index (χ3v) is 4.96. The number of hydrogen-bond acceptors (Lipinski definition) is 3. The van der Waals surface area contributed by atoms with Gasteiger partial charge in [-0.05, 0) is 54.4 Å². The molecule has 3 aromatic carbocycles. The molecule has 0 aliphatic carbocycles. The van der Waals surface area contributed by atoms with E-state index in [9.17, 15) is 19.1 Å². The number of rotatable bonds is 3. The van der Waals surface area contributed by atoms with Crippen LogP contribution in [0.5, 0.6) is 0 Å². The van der Waals surface area contributed by atoms with Crippen LogP contribution >= 0.6 is 0 Å². The van der Waals surface area contributed by atoms with Crippen molar-refractivity contribution < 1.29 is 19.1 Å². The van der Waals surface area contributed by atoms with Gasteiger partial charge < -0.3 is 5.11 Å². The fourth-order valence-corrected chi connectivity index (χ4v) is 3.59. The van der Waals surface area contributed by atoms with Crippen molar-refractivity contribution >= 4 is 23.1 Å². The van der Waals surface area contributed by atoms with E-state index in [1.165, 1.54) is 29.2 Å². The number of Topliss-reactive ketones (excluding diaryl/α,β-unsaturated/α-hetero) is 1. The molecule has 1 N–H and O–H groups in total. The molecule has 1 aliphatic heterocycles. The molecule has 1 amide bonds. The van der Waals surface area contributed by atoms with Crippen LogP contribution in [0.3, 0.4) is 0 Å². The van der Waals surface area contributed by atoms with Gasteiger partial charge in [0.25, 0.3) is 11.7 Å². The van der Waals surface area contributed by atoms with E-state index >= 15 is 0 Å². The molecule has 1 atom stereocenters. The van der Waals surface area contributed by atoms with E-state index in [0.29, 0.717) is 11.3 Å². The molecule has 4 nitrogen and oxygen atoms in total. The molecule has 5 heteroatoms. The quantitative estimate of drug-likeness (QED) is 0.400. The van der Waals surface area contributed by atoms with Gasteiger partial charge in [0.15, 0.2) is 0 Å². The third-order valence-electron chi connectivity index (χ3n) is 4.96. The highest BCUT2D eigenvalue weighted by Gasteiger charge is 2.46. The number of nitrogens with zero attached hydrogens (tertiary/aromatic N) is 1. The van der Waals surface area contributed by atoms with Crippen molar-refractivity contribution in [3.63, 3.8) is 0 Å². The maximum absolute atomic E-state index is 13.3. The summed E-state index contributed by atoms with van der Waals surface area (Å²) in [6.45, 7) is 1.90. The van der Waals surface area contributed by atoms with Gasteiger partial charge in [-0.15, -0.1) is 0 Å². The van der Waals surface area contributed by atoms with Gasteiger partial charge in [0, 0.05) is 11.3 Å². The zero-order valence-corrected chi connectivity index (χ0v) is 15.7. The van der Waals surface area contributed by atoms with Crippen LogP contribution in [0.2, 0.25) is 0 Å². The fourth-order valence-electron chi connectivity index (χ4n) is 3.59. The summed E-state index contributed by atoms with van der Waals surface area (Å²) in [6, 6.07) is 20.7. The predicted octanol–water partition coefficient (Wildman–Crippen LogP) is 4.76. The largest absolute Gasteiger partial charge is 0.507 e. The van der Waals surface area contributed by atoms with Crippen molar-refractivity contribution in [2.45, 2.75) is 13.0 Å². The lowest BCUT2D eigenvalue weighted by molar-refractivity contribution is -0.132. The van der Waals surface area contributed by atoms with Crippen molar-refractivity contribution in [1.29, 1.82) is 0 Å². The first-order valence-electron chi connectivity index (χ1n) is 9.16. The highest BCUT2D eigenvalue weighted by molar-refractivity contribution is 6.51. The minimum atomic E-state index is -0.789. The van der Waals surface area contributed by atoms with Crippen LogP contribution < -0.4 is 4.90 Å². The number of halogens is 1. The minimum absolute atomic E-state index is 0.0192. The number of benzene rings is 3. The summed E-state index contributed by atoms with van der Waals surface area (Å²) in [5.74, 6) is -2.27. The predicted molar refractivity (Wildman–Crippen MR) is 109 cm³/mol. The van der Waals surface area contributed by atoms with Crippen molar-refractivity contribution in [1.82, 2.24) is 0 Å². The molecular weight excluding hydrogens is 369 g/mol. The van der Waals surface area contributed by atoms with Crippen molar-refractivity contribution in [3.05, 3.63) is 107 Å². The molecule has 1 unspecified atom stereocenters. The van der Waals surface area contributed by atoms with Crippen molar-refractivity contribution in [2.75, 3.05) is 4.90 Å². The van der Waals surface area contributed by atoms with Gasteiger partial charge in [-0.25, -0.2) is 4.39 Å². The summed E-state index contributed by atoms with van der Waals surface area (Å²) in [6.07, 6.45) is 0. The smallest absolute Gasteiger partial charge is 0.300 e. The minimum Gasteiger partial charge on any atom is -0.507 e. The van der Waals surface area contributed by atoms with Crippen molar-refractivity contribution in [3.8, 4) is 0 Å². The molecular formula is C24H18FNO3. The highest BCUT2D eigenvalue weighted by atomic mass is 19.1. The lowest BCUT2D eigenvalue weighted by Gasteiger charge is -2.25. The van der Waals surface area contributed by atoms with Crippen LogP contribution in [0, 0.1) is 12.7 Å². The molecule has 0 aromatic heterocycles. The Balaban J connectivity index is 1.94. The Morgan fingerprint density at radius 1 is 0.931 bits per heavy atom. The molecule has 3 aromatic rings. The Labute approximate surface area is 167 Å². The number of aliphatic hydroxyl groups excluding tert-OH is 1. The third kappa shape index (κ3) is 3.31. The highest BCUT2D eigenvalue weighted by Crippen LogP contribution is 2.42. The molecule has 0 radical (unpaired) electrons.